The average Bonchev–Trinajstić information content (AvgIpc) is 2.36. The van der Waals surface area contributed by atoms with E-state index in [1.54, 1.807) is 7.05 Å². The Kier molecular flexibility index (Phi) is 6.50. The van der Waals surface area contributed by atoms with Gasteiger partial charge in [-0.2, -0.15) is 0 Å². The molecule has 0 aromatic rings. The average molecular weight is 282 g/mol. The first-order chi connectivity index (χ1) is 9.25. The van der Waals surface area contributed by atoms with Gasteiger partial charge >= 0.3 is 0 Å². The molecule has 118 valence electrons. The van der Waals surface area contributed by atoms with Gasteiger partial charge in [-0.3, -0.25) is 4.79 Å². The quantitative estimate of drug-likeness (QED) is 0.812. The van der Waals surface area contributed by atoms with Crippen molar-refractivity contribution >= 4 is 5.91 Å². The van der Waals surface area contributed by atoms with Gasteiger partial charge in [0, 0.05) is 13.1 Å². The molecule has 0 spiro atoms. The van der Waals surface area contributed by atoms with Crippen molar-refractivity contribution in [2.45, 2.75) is 78.8 Å². The number of amides is 1. The van der Waals surface area contributed by atoms with Crippen LogP contribution in [0.15, 0.2) is 0 Å². The number of carbonyl (C=O) groups is 1. The van der Waals surface area contributed by atoms with Crippen molar-refractivity contribution in [2.75, 3.05) is 7.05 Å². The normalized spacial score (nSPS) is 25.6. The zero-order valence-electron chi connectivity index (χ0n) is 14.3. The molecule has 3 atom stereocenters. The van der Waals surface area contributed by atoms with Crippen molar-refractivity contribution in [3.63, 3.8) is 0 Å². The molecule has 1 fully saturated rings. The summed E-state index contributed by atoms with van der Waals surface area (Å²) in [6, 6.07) is 0.428. The fourth-order valence-electron chi connectivity index (χ4n) is 3.52. The Morgan fingerprint density at radius 3 is 2.30 bits per heavy atom. The molecule has 1 amide bonds. The summed E-state index contributed by atoms with van der Waals surface area (Å²) in [5.74, 6) is 1.33. The Labute approximate surface area is 125 Å². The van der Waals surface area contributed by atoms with Crippen LogP contribution in [-0.2, 0) is 4.79 Å². The summed E-state index contributed by atoms with van der Waals surface area (Å²) < 4.78 is 0. The lowest BCUT2D eigenvalue weighted by Crippen LogP contribution is -2.53. The monoisotopic (exact) mass is 282 g/mol. The van der Waals surface area contributed by atoms with E-state index in [4.69, 9.17) is 0 Å². The second-order valence-corrected chi connectivity index (χ2v) is 7.83. The van der Waals surface area contributed by atoms with Gasteiger partial charge in [-0.15, -0.1) is 0 Å². The molecule has 3 heteroatoms. The molecule has 0 aromatic carbocycles. The van der Waals surface area contributed by atoms with Crippen LogP contribution in [0.1, 0.15) is 66.7 Å². The Morgan fingerprint density at radius 2 is 1.80 bits per heavy atom. The highest BCUT2D eigenvalue weighted by Crippen LogP contribution is 2.38. The summed E-state index contributed by atoms with van der Waals surface area (Å²) in [6.45, 7) is 11.3. The molecule has 0 aliphatic heterocycles. The molecule has 0 bridgehead atoms. The van der Waals surface area contributed by atoms with Crippen LogP contribution in [0.4, 0.5) is 0 Å². The molecular formula is C17H34N2O. The predicted octanol–water partition coefficient (Wildman–Crippen LogP) is 3.34. The van der Waals surface area contributed by atoms with Crippen molar-refractivity contribution in [3.8, 4) is 0 Å². The maximum Gasteiger partial charge on any atom is 0.236 e. The fraction of sp³-hybridized carbons (Fsp3) is 0.941. The number of nitrogens with one attached hydrogen (secondary N) is 2. The van der Waals surface area contributed by atoms with Crippen LogP contribution < -0.4 is 10.6 Å². The third kappa shape index (κ3) is 5.08. The van der Waals surface area contributed by atoms with E-state index in [1.807, 2.05) is 0 Å². The Hall–Kier alpha value is -0.570. The predicted molar refractivity (Wildman–Crippen MR) is 85.6 cm³/mol. The Bertz CT molecular complexity index is 307. The SMILES string of the molecule is CNC(=O)C(CC(C)C)NC1CCCCC1C(C)(C)C. The third-order valence-electron chi connectivity index (χ3n) is 4.56. The summed E-state index contributed by atoms with van der Waals surface area (Å²) >= 11 is 0. The van der Waals surface area contributed by atoms with Crippen LogP contribution in [0.3, 0.4) is 0 Å². The fourth-order valence-corrected chi connectivity index (χ4v) is 3.52. The highest BCUT2D eigenvalue weighted by molar-refractivity contribution is 5.81. The summed E-state index contributed by atoms with van der Waals surface area (Å²) in [5, 5.41) is 6.49. The van der Waals surface area contributed by atoms with E-state index in [0.29, 0.717) is 23.3 Å². The molecule has 2 N–H and O–H groups in total. The number of hydrogen-bond donors (Lipinski definition) is 2. The smallest absolute Gasteiger partial charge is 0.236 e. The largest absolute Gasteiger partial charge is 0.358 e. The summed E-state index contributed by atoms with van der Waals surface area (Å²) in [4.78, 5) is 12.1. The van der Waals surface area contributed by atoms with Crippen LogP contribution >= 0.6 is 0 Å². The van der Waals surface area contributed by atoms with Crippen molar-refractivity contribution in [1.29, 1.82) is 0 Å². The minimum Gasteiger partial charge on any atom is -0.358 e. The van der Waals surface area contributed by atoms with E-state index in [9.17, 15) is 4.79 Å². The van der Waals surface area contributed by atoms with E-state index in [-0.39, 0.29) is 11.9 Å². The van der Waals surface area contributed by atoms with E-state index >= 15 is 0 Å². The zero-order valence-corrected chi connectivity index (χ0v) is 14.3. The molecule has 0 saturated heterocycles. The highest BCUT2D eigenvalue weighted by Gasteiger charge is 2.36. The molecule has 3 unspecified atom stereocenters. The van der Waals surface area contributed by atoms with Gasteiger partial charge in [0.25, 0.3) is 0 Å². The molecule has 0 aromatic heterocycles. The third-order valence-corrected chi connectivity index (χ3v) is 4.56. The van der Waals surface area contributed by atoms with Crippen LogP contribution in [-0.4, -0.2) is 25.0 Å². The van der Waals surface area contributed by atoms with Crippen molar-refractivity contribution < 1.29 is 4.79 Å². The molecular weight excluding hydrogens is 248 g/mol. The minimum absolute atomic E-state index is 0.0482. The van der Waals surface area contributed by atoms with Gasteiger partial charge in [0.2, 0.25) is 5.91 Å². The summed E-state index contributed by atoms with van der Waals surface area (Å²) in [7, 11) is 1.74. The van der Waals surface area contributed by atoms with Gasteiger partial charge in [0.15, 0.2) is 0 Å². The molecule has 0 radical (unpaired) electrons. The van der Waals surface area contributed by atoms with Crippen LogP contribution in [0, 0.1) is 17.3 Å². The van der Waals surface area contributed by atoms with Crippen molar-refractivity contribution in [1.82, 2.24) is 10.6 Å². The maximum atomic E-state index is 12.1. The lowest BCUT2D eigenvalue weighted by molar-refractivity contribution is -0.123. The van der Waals surface area contributed by atoms with Crippen molar-refractivity contribution in [3.05, 3.63) is 0 Å². The summed E-state index contributed by atoms with van der Waals surface area (Å²) in [6.07, 6.45) is 6.01. The molecule has 20 heavy (non-hydrogen) atoms. The molecule has 1 saturated carbocycles. The van der Waals surface area contributed by atoms with E-state index in [2.05, 4.69) is 45.3 Å². The lowest BCUT2D eigenvalue weighted by atomic mass is 9.69. The molecule has 1 rings (SSSR count). The number of rotatable bonds is 5. The Balaban J connectivity index is 2.76. The van der Waals surface area contributed by atoms with Gasteiger partial charge in [-0.1, -0.05) is 47.5 Å². The minimum atomic E-state index is -0.0482. The molecule has 0 heterocycles. The molecule has 3 nitrogen and oxygen atoms in total. The standard InChI is InChI=1S/C17H34N2O/c1-12(2)11-15(16(20)18-6)19-14-10-8-7-9-13(14)17(3,4)5/h12-15,19H,7-11H2,1-6H3,(H,18,20). The second-order valence-electron chi connectivity index (χ2n) is 7.83. The Morgan fingerprint density at radius 1 is 1.20 bits per heavy atom. The van der Waals surface area contributed by atoms with Crippen LogP contribution in [0.25, 0.3) is 0 Å². The number of hydrogen-bond acceptors (Lipinski definition) is 2. The van der Waals surface area contributed by atoms with E-state index in [0.717, 1.165) is 6.42 Å². The van der Waals surface area contributed by atoms with Crippen LogP contribution in [0.2, 0.25) is 0 Å². The number of carbonyl (C=O) groups excluding carboxylic acids is 1. The van der Waals surface area contributed by atoms with Gasteiger partial charge in [0.05, 0.1) is 6.04 Å². The maximum absolute atomic E-state index is 12.1. The first-order valence-electron chi connectivity index (χ1n) is 8.23. The number of likely N-dealkylation sites (N-methyl/N-ethyl adjacent to an activating group) is 1. The molecule has 1 aliphatic carbocycles. The zero-order chi connectivity index (χ0) is 15.3. The van der Waals surface area contributed by atoms with Crippen LogP contribution in [0.5, 0.6) is 0 Å². The van der Waals surface area contributed by atoms with Gasteiger partial charge < -0.3 is 10.6 Å². The first kappa shape index (κ1) is 17.5. The molecule has 1 aliphatic rings. The van der Waals surface area contributed by atoms with Gasteiger partial charge in [0.1, 0.15) is 0 Å². The van der Waals surface area contributed by atoms with Gasteiger partial charge in [-0.05, 0) is 36.5 Å². The summed E-state index contributed by atoms with van der Waals surface area (Å²) in [5.41, 5.74) is 0.309. The topological polar surface area (TPSA) is 41.1 Å². The van der Waals surface area contributed by atoms with Crippen molar-refractivity contribution in [2.24, 2.45) is 17.3 Å². The lowest BCUT2D eigenvalue weighted by Gasteiger charge is -2.42. The highest BCUT2D eigenvalue weighted by atomic mass is 16.2. The van der Waals surface area contributed by atoms with E-state index in [1.165, 1.54) is 25.7 Å². The first-order valence-corrected chi connectivity index (χ1v) is 8.23. The second kappa shape index (κ2) is 7.44. The van der Waals surface area contributed by atoms with Gasteiger partial charge in [-0.25, -0.2) is 0 Å². The van der Waals surface area contributed by atoms with E-state index < -0.39 is 0 Å².